The van der Waals surface area contributed by atoms with Gasteiger partial charge >= 0.3 is 29.8 Å². The SMILES string of the molecule is CC(=O)O[C@H]1C(=O)[C@@]2(C)[C@H]([C@H](OC(=O)c3ccccc3)[C@]3(O)C[C@H](OC(=O)[C@H](OC(=O)c4ccccc4)[C@@H](NSc4ccccn4)c4ccccc4)C(C)=C1C3(C)C)[C@]1(OC(C)=O)CO[C@@H]1C[C@@H]2O. The number of pyridine rings is 1. The summed E-state index contributed by atoms with van der Waals surface area (Å²) in [4.78, 5) is 90.1. The third-order valence-electron chi connectivity index (χ3n) is 14.3. The highest BCUT2D eigenvalue weighted by Gasteiger charge is 2.78. The Morgan fingerprint density at radius 2 is 1.42 bits per heavy atom. The fourth-order valence-corrected chi connectivity index (χ4v) is 11.5. The number of ether oxygens (including phenoxy) is 6. The molecule has 3 aliphatic carbocycles. The first-order valence-corrected chi connectivity index (χ1v) is 23.4. The highest BCUT2D eigenvalue weighted by Crippen LogP contribution is 2.64. The van der Waals surface area contributed by atoms with E-state index in [-0.39, 0.29) is 35.3 Å². The highest BCUT2D eigenvalue weighted by atomic mass is 32.2. The van der Waals surface area contributed by atoms with Crippen LogP contribution in [0.2, 0.25) is 0 Å². The molecule has 4 aromatic rings. The lowest BCUT2D eigenvalue weighted by Gasteiger charge is -2.67. The number of rotatable bonds is 13. The van der Waals surface area contributed by atoms with E-state index in [1.54, 1.807) is 112 Å². The van der Waals surface area contributed by atoms with E-state index in [0.717, 1.165) is 25.8 Å². The Bertz CT molecular complexity index is 2630. The Kier molecular flexibility index (Phi) is 13.7. The van der Waals surface area contributed by atoms with Gasteiger partial charge in [0.25, 0.3) is 0 Å². The van der Waals surface area contributed by atoms with E-state index >= 15 is 9.59 Å². The van der Waals surface area contributed by atoms with E-state index in [1.165, 1.54) is 31.2 Å². The van der Waals surface area contributed by atoms with Crippen LogP contribution in [0, 0.1) is 16.7 Å². The van der Waals surface area contributed by atoms with Crippen molar-refractivity contribution in [3.63, 3.8) is 0 Å². The lowest BCUT2D eigenvalue weighted by atomic mass is 9.44. The molecule has 0 radical (unpaired) electrons. The summed E-state index contributed by atoms with van der Waals surface area (Å²) >= 11 is 1.08. The van der Waals surface area contributed by atoms with E-state index in [0.29, 0.717) is 10.6 Å². The number of nitrogens with one attached hydrogen (secondary N) is 1. The molecule has 69 heavy (non-hydrogen) atoms. The molecule has 3 N–H and O–H groups in total. The van der Waals surface area contributed by atoms with Gasteiger partial charge in [0.15, 0.2) is 17.5 Å². The number of nitrogens with zero attached hydrogens (tertiary/aromatic N) is 1. The molecule has 16 nitrogen and oxygen atoms in total. The van der Waals surface area contributed by atoms with E-state index in [1.807, 2.05) is 0 Å². The lowest BCUT2D eigenvalue weighted by Crippen LogP contribution is -2.82. The van der Waals surface area contributed by atoms with Crippen LogP contribution in [0.25, 0.3) is 0 Å². The van der Waals surface area contributed by atoms with Gasteiger partial charge < -0.3 is 38.6 Å². The molecular weight excluding hydrogens is 909 g/mol. The van der Waals surface area contributed by atoms with Crippen LogP contribution in [0.3, 0.4) is 0 Å². The summed E-state index contributed by atoms with van der Waals surface area (Å²) < 4.78 is 40.3. The van der Waals surface area contributed by atoms with Gasteiger partial charge in [-0.1, -0.05) is 86.6 Å². The first-order chi connectivity index (χ1) is 32.8. The summed E-state index contributed by atoms with van der Waals surface area (Å²) in [7, 11) is 0. The van der Waals surface area contributed by atoms with Gasteiger partial charge in [0.1, 0.15) is 28.9 Å². The van der Waals surface area contributed by atoms with Crippen molar-refractivity contribution < 1.29 is 67.4 Å². The largest absolute Gasteiger partial charge is 0.455 e. The van der Waals surface area contributed by atoms with Crippen LogP contribution in [0.15, 0.2) is 132 Å². The summed E-state index contributed by atoms with van der Waals surface area (Å²) in [5.74, 6) is -6.95. The van der Waals surface area contributed by atoms with Gasteiger partial charge in [-0.05, 0) is 78.9 Å². The molecule has 0 spiro atoms. The molecule has 11 atom stereocenters. The van der Waals surface area contributed by atoms with Crippen molar-refractivity contribution in [2.45, 2.75) is 113 Å². The van der Waals surface area contributed by atoms with Crippen molar-refractivity contribution in [1.29, 1.82) is 0 Å². The molecule has 0 amide bonds. The maximum Gasteiger partial charge on any atom is 0.350 e. The van der Waals surface area contributed by atoms with Crippen LogP contribution >= 0.6 is 11.9 Å². The number of aliphatic hydroxyl groups is 2. The molecule has 3 fully saturated rings. The summed E-state index contributed by atoms with van der Waals surface area (Å²) in [6.45, 7) is 8.10. The molecule has 0 unspecified atom stereocenters. The van der Waals surface area contributed by atoms with Crippen molar-refractivity contribution in [2.75, 3.05) is 6.61 Å². The van der Waals surface area contributed by atoms with Crippen molar-refractivity contribution in [3.8, 4) is 0 Å². The average molecular weight is 963 g/mol. The second kappa shape index (κ2) is 19.3. The summed E-state index contributed by atoms with van der Waals surface area (Å²) in [6.07, 6.45) is -8.66. The van der Waals surface area contributed by atoms with E-state index in [2.05, 4.69) is 9.71 Å². The van der Waals surface area contributed by atoms with Gasteiger partial charge in [0.2, 0.25) is 6.10 Å². The number of esters is 5. The minimum absolute atomic E-state index is 0.0108. The number of aromatic nitrogens is 1. The lowest BCUT2D eigenvalue weighted by molar-refractivity contribution is -0.346. The van der Waals surface area contributed by atoms with Gasteiger partial charge in [-0.15, -0.1) is 0 Å². The van der Waals surface area contributed by atoms with Crippen LogP contribution in [-0.4, -0.2) is 105 Å². The minimum atomic E-state index is -2.41. The predicted octanol–water partition coefficient (Wildman–Crippen LogP) is 5.86. The standard InChI is InChI=1S/C52H54N2O14S/c1-29-35(65-48(61)42(66-46(59)33-20-12-8-13-21-33)40(32-18-10-7-11-19-32)54-69-38-24-16-17-25-53-38)27-52(62)45(67-47(60)34-22-14-9-15-23-34)43-50(6,36(57)26-37-51(43,28-63-37)68-31(3)56)44(58)41(64-30(2)55)39(29)49(52,4)5/h7-25,35-37,40-43,45,54,57,62H,26-28H2,1-6H3/t35-,36-,37+,40-,41+,42+,43-,45-,50+,51-,52+/m0/s1. The summed E-state index contributed by atoms with van der Waals surface area (Å²) in [5.41, 5.74) is -7.01. The number of hydrogen-bond acceptors (Lipinski definition) is 17. The van der Waals surface area contributed by atoms with Crippen LogP contribution in [0.4, 0.5) is 0 Å². The zero-order valence-corrected chi connectivity index (χ0v) is 39.7. The molecule has 17 heteroatoms. The zero-order valence-electron chi connectivity index (χ0n) is 38.9. The van der Waals surface area contributed by atoms with Crippen LogP contribution in [-0.2, 0) is 47.6 Å². The van der Waals surface area contributed by atoms with Crippen LogP contribution < -0.4 is 4.72 Å². The molecule has 1 saturated heterocycles. The quantitative estimate of drug-likeness (QED) is 0.0618. The Hall–Kier alpha value is -6.24. The first kappa shape index (κ1) is 49.2. The maximum atomic E-state index is 15.7. The number of carbonyl (C=O) groups is 6. The Morgan fingerprint density at radius 3 is 1.99 bits per heavy atom. The van der Waals surface area contributed by atoms with Gasteiger partial charge in [-0.2, -0.15) is 0 Å². The number of ketones is 1. The Labute approximate surface area is 403 Å². The fourth-order valence-electron chi connectivity index (χ4n) is 10.7. The number of carbonyl (C=O) groups excluding carboxylic acids is 6. The van der Waals surface area contributed by atoms with E-state index in [4.69, 9.17) is 28.4 Å². The third-order valence-corrected chi connectivity index (χ3v) is 15.1. The van der Waals surface area contributed by atoms with E-state index < -0.39 is 113 Å². The molecule has 4 aliphatic rings. The second-order valence-corrected chi connectivity index (χ2v) is 19.5. The Morgan fingerprint density at radius 1 is 0.812 bits per heavy atom. The summed E-state index contributed by atoms with van der Waals surface area (Å²) in [6, 6.07) is 28.9. The highest BCUT2D eigenvalue weighted by molar-refractivity contribution is 7.97. The van der Waals surface area contributed by atoms with Gasteiger partial charge in [0, 0.05) is 38.3 Å². The molecule has 2 heterocycles. The smallest absolute Gasteiger partial charge is 0.350 e. The number of hydrogen-bond donors (Lipinski definition) is 3. The molecule has 3 aromatic carbocycles. The number of aliphatic hydroxyl groups excluding tert-OH is 1. The molecular formula is C52H54N2O14S. The van der Waals surface area contributed by atoms with Crippen LogP contribution in [0.5, 0.6) is 0 Å². The third kappa shape index (κ3) is 8.86. The normalized spacial score (nSPS) is 29.8. The Balaban J connectivity index is 1.30. The second-order valence-electron chi connectivity index (χ2n) is 18.6. The topological polar surface area (TPSA) is 223 Å². The first-order valence-electron chi connectivity index (χ1n) is 22.6. The van der Waals surface area contributed by atoms with Gasteiger partial charge in [-0.3, -0.25) is 14.4 Å². The van der Waals surface area contributed by atoms with Crippen molar-refractivity contribution in [3.05, 3.63) is 143 Å². The van der Waals surface area contributed by atoms with E-state index in [9.17, 15) is 29.4 Å². The maximum absolute atomic E-state index is 15.7. The zero-order chi connectivity index (χ0) is 49.5. The molecule has 362 valence electrons. The minimum Gasteiger partial charge on any atom is -0.455 e. The molecule has 1 aliphatic heterocycles. The van der Waals surface area contributed by atoms with Gasteiger partial charge in [-0.25, -0.2) is 24.1 Å². The van der Waals surface area contributed by atoms with Gasteiger partial charge in [0.05, 0.1) is 41.2 Å². The number of fused-ring (bicyclic) bond motifs is 5. The van der Waals surface area contributed by atoms with Crippen LogP contribution in [0.1, 0.15) is 86.7 Å². The van der Waals surface area contributed by atoms with Crippen molar-refractivity contribution >= 4 is 47.6 Å². The predicted molar refractivity (Wildman–Crippen MR) is 247 cm³/mol. The summed E-state index contributed by atoms with van der Waals surface area (Å²) in [5, 5.41) is 26.7. The molecule has 2 bridgehead atoms. The molecule has 8 rings (SSSR count). The molecule has 2 saturated carbocycles. The monoisotopic (exact) mass is 962 g/mol. The number of Topliss-reactive ketones (excluding diaryl/α,β-unsaturated/α-hetero) is 1. The molecule has 1 aromatic heterocycles. The van der Waals surface area contributed by atoms with Crippen molar-refractivity contribution in [1.82, 2.24) is 9.71 Å². The van der Waals surface area contributed by atoms with Crippen molar-refractivity contribution in [2.24, 2.45) is 16.7 Å². The fraction of sp³-hybridized carbons (Fsp3) is 0.404. The average Bonchev–Trinajstić information content (AvgIpc) is 3.33. The number of benzene rings is 3.